The lowest BCUT2D eigenvalue weighted by Gasteiger charge is -2.20. The fourth-order valence-corrected chi connectivity index (χ4v) is 1.46. The van der Waals surface area contributed by atoms with E-state index in [1.807, 2.05) is 0 Å². The summed E-state index contributed by atoms with van der Waals surface area (Å²) in [4.78, 5) is 11.0. The van der Waals surface area contributed by atoms with Gasteiger partial charge in [0.15, 0.2) is 0 Å². The van der Waals surface area contributed by atoms with Crippen LogP contribution in [0.25, 0.3) is 0 Å². The third-order valence-electron chi connectivity index (χ3n) is 1.92. The van der Waals surface area contributed by atoms with Crippen LogP contribution in [0.5, 0.6) is 0 Å². The minimum absolute atomic E-state index is 0.0421. The van der Waals surface area contributed by atoms with Crippen LogP contribution in [0.4, 0.5) is 0 Å². The highest BCUT2D eigenvalue weighted by Crippen LogP contribution is 2.16. The Morgan fingerprint density at radius 2 is 1.64 bits per heavy atom. The molecule has 0 fully saturated rings. The van der Waals surface area contributed by atoms with Crippen LogP contribution in [0, 0.1) is 11.8 Å². The molecule has 0 rings (SSSR count). The van der Waals surface area contributed by atoms with Gasteiger partial charge in [-0.1, -0.05) is 34.3 Å². The maximum absolute atomic E-state index is 11.0. The molecule has 0 N–H and O–H groups in total. The van der Waals surface area contributed by atoms with Crippen molar-refractivity contribution in [2.45, 2.75) is 46.6 Å². The molecular weight excluding hydrogens is 176 g/mol. The number of carbonyl (C=O) groups is 1. The van der Waals surface area contributed by atoms with E-state index in [0.717, 1.165) is 12.8 Å². The molecule has 2 heteroatoms. The molecule has 14 heavy (non-hydrogen) atoms. The minimum atomic E-state index is -0.309. The highest BCUT2D eigenvalue weighted by Gasteiger charge is 2.15. The molecule has 0 spiro atoms. The van der Waals surface area contributed by atoms with Gasteiger partial charge in [-0.15, -0.1) is 0 Å². The molecule has 0 heterocycles. The summed E-state index contributed by atoms with van der Waals surface area (Å²) in [6.07, 6.45) is 3.13. The first-order valence-electron chi connectivity index (χ1n) is 5.28. The first kappa shape index (κ1) is 13.2. The third kappa shape index (κ3) is 6.70. The van der Waals surface area contributed by atoms with Crippen LogP contribution in [0.1, 0.15) is 40.5 Å². The van der Waals surface area contributed by atoms with Crippen molar-refractivity contribution in [1.82, 2.24) is 0 Å². The largest absolute Gasteiger partial charge is 0.459 e. The van der Waals surface area contributed by atoms with Gasteiger partial charge in [0.2, 0.25) is 0 Å². The Kier molecular flexibility index (Phi) is 6.26. The first-order valence-corrected chi connectivity index (χ1v) is 5.28. The number of rotatable bonds is 6. The maximum atomic E-state index is 11.0. The molecule has 0 aliphatic heterocycles. The molecule has 0 aliphatic carbocycles. The number of hydrogen-bond acceptors (Lipinski definition) is 2. The summed E-state index contributed by atoms with van der Waals surface area (Å²) in [5, 5.41) is 0. The smallest absolute Gasteiger partial charge is 0.330 e. The Labute approximate surface area is 87.3 Å². The van der Waals surface area contributed by atoms with Crippen molar-refractivity contribution in [3.8, 4) is 0 Å². The van der Waals surface area contributed by atoms with Gasteiger partial charge < -0.3 is 4.74 Å². The molecule has 0 radical (unpaired) electrons. The first-order chi connectivity index (χ1) is 6.45. The number of carbonyl (C=O) groups excluding carboxylic acids is 1. The van der Waals surface area contributed by atoms with Gasteiger partial charge in [-0.25, -0.2) is 4.79 Å². The van der Waals surface area contributed by atoms with Crippen LogP contribution in [0.15, 0.2) is 12.7 Å². The molecule has 82 valence electrons. The molecule has 0 atom stereocenters. The van der Waals surface area contributed by atoms with Gasteiger partial charge in [-0.2, -0.15) is 0 Å². The van der Waals surface area contributed by atoms with E-state index in [2.05, 4.69) is 34.3 Å². The number of hydrogen-bond donors (Lipinski definition) is 0. The fourth-order valence-electron chi connectivity index (χ4n) is 1.46. The zero-order chi connectivity index (χ0) is 11.1. The third-order valence-corrected chi connectivity index (χ3v) is 1.92. The second-order valence-electron chi connectivity index (χ2n) is 4.52. The summed E-state index contributed by atoms with van der Waals surface area (Å²) in [6.45, 7) is 11.9. The molecular formula is C12H22O2. The maximum Gasteiger partial charge on any atom is 0.330 e. The lowest BCUT2D eigenvalue weighted by molar-refractivity contribution is -0.144. The average molecular weight is 198 g/mol. The van der Waals surface area contributed by atoms with E-state index in [9.17, 15) is 4.79 Å². The van der Waals surface area contributed by atoms with Crippen molar-refractivity contribution in [3.63, 3.8) is 0 Å². The molecule has 0 bridgehead atoms. The molecule has 2 nitrogen and oxygen atoms in total. The van der Waals surface area contributed by atoms with Gasteiger partial charge in [-0.05, 0) is 24.7 Å². The summed E-state index contributed by atoms with van der Waals surface area (Å²) in [6, 6.07) is 0. The molecule has 0 unspecified atom stereocenters. The Morgan fingerprint density at radius 1 is 1.21 bits per heavy atom. The van der Waals surface area contributed by atoms with Crippen LogP contribution in [0.3, 0.4) is 0 Å². The van der Waals surface area contributed by atoms with Crippen LogP contribution < -0.4 is 0 Å². The molecule has 0 aromatic heterocycles. The topological polar surface area (TPSA) is 26.3 Å². The molecule has 0 saturated heterocycles. The minimum Gasteiger partial charge on any atom is -0.459 e. The van der Waals surface area contributed by atoms with E-state index in [4.69, 9.17) is 4.74 Å². The monoisotopic (exact) mass is 198 g/mol. The van der Waals surface area contributed by atoms with Crippen molar-refractivity contribution in [2.75, 3.05) is 0 Å². The van der Waals surface area contributed by atoms with E-state index in [1.54, 1.807) is 0 Å². The van der Waals surface area contributed by atoms with Crippen molar-refractivity contribution in [1.29, 1.82) is 0 Å². The van der Waals surface area contributed by atoms with Crippen molar-refractivity contribution in [3.05, 3.63) is 12.7 Å². The van der Waals surface area contributed by atoms with Gasteiger partial charge in [0.1, 0.15) is 6.10 Å². The molecule has 0 aromatic carbocycles. The normalized spacial score (nSPS) is 11.1. The Morgan fingerprint density at radius 3 is 1.93 bits per heavy atom. The zero-order valence-corrected chi connectivity index (χ0v) is 9.75. The Hall–Kier alpha value is -0.790. The molecule has 0 aromatic rings. The van der Waals surface area contributed by atoms with E-state index in [-0.39, 0.29) is 12.1 Å². The van der Waals surface area contributed by atoms with Gasteiger partial charge in [-0.3, -0.25) is 0 Å². The predicted octanol–water partition coefficient (Wildman–Crippen LogP) is 3.18. The second kappa shape index (κ2) is 6.63. The fraction of sp³-hybridized carbons (Fsp3) is 0.750. The molecule has 0 amide bonds. The quantitative estimate of drug-likeness (QED) is 0.484. The van der Waals surface area contributed by atoms with Crippen molar-refractivity contribution >= 4 is 5.97 Å². The second-order valence-corrected chi connectivity index (χ2v) is 4.52. The lowest BCUT2D eigenvalue weighted by atomic mass is 9.98. The van der Waals surface area contributed by atoms with Gasteiger partial charge in [0.25, 0.3) is 0 Å². The lowest BCUT2D eigenvalue weighted by Crippen LogP contribution is -2.20. The van der Waals surface area contributed by atoms with Crippen molar-refractivity contribution in [2.24, 2.45) is 11.8 Å². The highest BCUT2D eigenvalue weighted by atomic mass is 16.5. The highest BCUT2D eigenvalue weighted by molar-refractivity contribution is 5.81. The summed E-state index contributed by atoms with van der Waals surface area (Å²) >= 11 is 0. The van der Waals surface area contributed by atoms with E-state index in [1.165, 1.54) is 6.08 Å². The van der Waals surface area contributed by atoms with Crippen LogP contribution >= 0.6 is 0 Å². The summed E-state index contributed by atoms with van der Waals surface area (Å²) in [5.74, 6) is 0.795. The molecule has 0 saturated carbocycles. The van der Waals surface area contributed by atoms with E-state index >= 15 is 0 Å². The van der Waals surface area contributed by atoms with Gasteiger partial charge >= 0.3 is 5.97 Å². The van der Waals surface area contributed by atoms with E-state index < -0.39 is 0 Å². The Balaban J connectivity index is 4.09. The standard InChI is InChI=1S/C12H22O2/c1-6-12(13)14-11(7-9(2)3)8-10(4)5/h6,9-11H,1,7-8H2,2-5H3. The van der Waals surface area contributed by atoms with Crippen LogP contribution in [-0.2, 0) is 9.53 Å². The van der Waals surface area contributed by atoms with Gasteiger partial charge in [0, 0.05) is 6.08 Å². The SMILES string of the molecule is C=CC(=O)OC(CC(C)C)CC(C)C. The molecule has 0 aliphatic rings. The summed E-state index contributed by atoms with van der Waals surface area (Å²) < 4.78 is 5.26. The van der Waals surface area contributed by atoms with Crippen LogP contribution in [0.2, 0.25) is 0 Å². The average Bonchev–Trinajstić information content (AvgIpc) is 2.01. The van der Waals surface area contributed by atoms with Gasteiger partial charge in [0.05, 0.1) is 0 Å². The van der Waals surface area contributed by atoms with E-state index in [0.29, 0.717) is 11.8 Å². The summed E-state index contributed by atoms with van der Waals surface area (Å²) in [7, 11) is 0. The van der Waals surface area contributed by atoms with Crippen LogP contribution in [-0.4, -0.2) is 12.1 Å². The summed E-state index contributed by atoms with van der Waals surface area (Å²) in [5.41, 5.74) is 0. The van der Waals surface area contributed by atoms with Crippen molar-refractivity contribution < 1.29 is 9.53 Å². The number of esters is 1. The number of ether oxygens (including phenoxy) is 1. The zero-order valence-electron chi connectivity index (χ0n) is 9.75. The Bertz CT molecular complexity index is 173. The predicted molar refractivity (Wildman–Crippen MR) is 59.0 cm³/mol.